The van der Waals surface area contributed by atoms with Crippen molar-refractivity contribution in [3.8, 4) is 0 Å². The van der Waals surface area contributed by atoms with Crippen molar-refractivity contribution in [2.45, 2.75) is 13.3 Å². The molecule has 0 saturated heterocycles. The summed E-state index contributed by atoms with van der Waals surface area (Å²) in [5, 5.41) is 4.48. The van der Waals surface area contributed by atoms with Crippen LogP contribution in [0.3, 0.4) is 0 Å². The van der Waals surface area contributed by atoms with Gasteiger partial charge in [0, 0.05) is 27.5 Å². The van der Waals surface area contributed by atoms with Crippen LogP contribution in [0.4, 0.5) is 0 Å². The van der Waals surface area contributed by atoms with Crippen LogP contribution >= 0.6 is 34.5 Å². The van der Waals surface area contributed by atoms with Crippen LogP contribution in [0.5, 0.6) is 0 Å². The number of halogens is 2. The molecule has 0 N–H and O–H groups in total. The summed E-state index contributed by atoms with van der Waals surface area (Å²) in [5.41, 5.74) is 2.16. The van der Waals surface area contributed by atoms with Crippen LogP contribution in [0.15, 0.2) is 23.6 Å². The molecule has 0 aliphatic heterocycles. The van der Waals surface area contributed by atoms with Gasteiger partial charge in [0.15, 0.2) is 0 Å². The van der Waals surface area contributed by atoms with Gasteiger partial charge in [0.2, 0.25) is 0 Å². The fraction of sp³-hybridized carbons (Fsp3) is 0.182. The van der Waals surface area contributed by atoms with Crippen LogP contribution in [-0.2, 0) is 6.42 Å². The molecule has 1 heterocycles. The number of thiazole rings is 1. The van der Waals surface area contributed by atoms with E-state index in [-0.39, 0.29) is 0 Å². The Kier molecular flexibility index (Phi) is 3.29. The molecule has 2 rings (SSSR count). The fourth-order valence-electron chi connectivity index (χ4n) is 1.37. The SMILES string of the molecule is Cc1csc(Cc2cc(Cl)cc(Cl)c2)n1. The van der Waals surface area contributed by atoms with E-state index in [9.17, 15) is 0 Å². The molecule has 78 valence electrons. The highest BCUT2D eigenvalue weighted by Gasteiger charge is 2.03. The molecule has 1 aromatic heterocycles. The second-order valence-corrected chi connectivity index (χ2v) is 5.15. The molecule has 4 heteroatoms. The second-order valence-electron chi connectivity index (χ2n) is 3.34. The molecule has 0 bridgehead atoms. The zero-order valence-electron chi connectivity index (χ0n) is 8.13. The van der Waals surface area contributed by atoms with Crippen molar-refractivity contribution in [3.63, 3.8) is 0 Å². The van der Waals surface area contributed by atoms with Gasteiger partial charge in [-0.05, 0) is 30.7 Å². The van der Waals surface area contributed by atoms with Gasteiger partial charge >= 0.3 is 0 Å². The molecule has 0 radical (unpaired) electrons. The van der Waals surface area contributed by atoms with Crippen molar-refractivity contribution in [1.82, 2.24) is 4.98 Å². The van der Waals surface area contributed by atoms with Crippen molar-refractivity contribution in [3.05, 3.63) is 49.9 Å². The molecule has 0 aliphatic rings. The van der Waals surface area contributed by atoms with Gasteiger partial charge in [0.1, 0.15) is 0 Å². The van der Waals surface area contributed by atoms with Crippen molar-refractivity contribution < 1.29 is 0 Å². The van der Waals surface area contributed by atoms with Crippen molar-refractivity contribution in [2.75, 3.05) is 0 Å². The molecule has 15 heavy (non-hydrogen) atoms. The molecule has 0 fully saturated rings. The maximum Gasteiger partial charge on any atom is 0.0972 e. The molecular weight excluding hydrogens is 249 g/mol. The Balaban J connectivity index is 2.24. The largest absolute Gasteiger partial charge is 0.246 e. The Bertz CT molecular complexity index is 459. The van der Waals surface area contributed by atoms with Gasteiger partial charge in [-0.25, -0.2) is 4.98 Å². The van der Waals surface area contributed by atoms with Crippen molar-refractivity contribution in [1.29, 1.82) is 0 Å². The molecule has 0 unspecified atom stereocenters. The maximum atomic E-state index is 5.92. The fourth-order valence-corrected chi connectivity index (χ4v) is 2.75. The normalized spacial score (nSPS) is 10.6. The summed E-state index contributed by atoms with van der Waals surface area (Å²) >= 11 is 13.5. The minimum absolute atomic E-state index is 0.672. The van der Waals surface area contributed by atoms with E-state index in [1.165, 1.54) is 0 Å². The Morgan fingerprint density at radius 2 is 1.87 bits per heavy atom. The molecule has 0 spiro atoms. The van der Waals surface area contributed by atoms with E-state index in [2.05, 4.69) is 4.98 Å². The Morgan fingerprint density at radius 3 is 2.40 bits per heavy atom. The van der Waals surface area contributed by atoms with E-state index < -0.39 is 0 Å². The quantitative estimate of drug-likeness (QED) is 0.780. The Morgan fingerprint density at radius 1 is 1.20 bits per heavy atom. The zero-order chi connectivity index (χ0) is 10.8. The lowest BCUT2D eigenvalue weighted by Crippen LogP contribution is -1.87. The molecule has 0 aliphatic carbocycles. The number of hydrogen-bond donors (Lipinski definition) is 0. The number of hydrogen-bond acceptors (Lipinski definition) is 2. The third-order valence-electron chi connectivity index (χ3n) is 1.94. The van der Waals surface area contributed by atoms with E-state index >= 15 is 0 Å². The average Bonchev–Trinajstić information content (AvgIpc) is 2.49. The standard InChI is InChI=1S/C11H9Cl2NS/c1-7-6-15-11(14-7)4-8-2-9(12)5-10(13)3-8/h2-3,5-6H,4H2,1H3. The first-order valence-corrected chi connectivity index (χ1v) is 6.13. The van der Waals surface area contributed by atoms with Gasteiger partial charge in [0.25, 0.3) is 0 Å². The highest BCUT2D eigenvalue weighted by molar-refractivity contribution is 7.09. The van der Waals surface area contributed by atoms with E-state index in [4.69, 9.17) is 23.2 Å². The van der Waals surface area contributed by atoms with Crippen LogP contribution < -0.4 is 0 Å². The first kappa shape index (κ1) is 10.9. The first-order chi connectivity index (χ1) is 7.13. The number of aryl methyl sites for hydroxylation is 1. The van der Waals surface area contributed by atoms with Gasteiger partial charge in [-0.3, -0.25) is 0 Å². The monoisotopic (exact) mass is 257 g/mol. The minimum atomic E-state index is 0.672. The van der Waals surface area contributed by atoms with E-state index in [0.717, 1.165) is 22.7 Å². The Labute approximate surface area is 103 Å². The van der Waals surface area contributed by atoms with Crippen LogP contribution in [0.2, 0.25) is 10.0 Å². The molecule has 1 nitrogen and oxygen atoms in total. The smallest absolute Gasteiger partial charge is 0.0972 e. The van der Waals surface area contributed by atoms with Gasteiger partial charge < -0.3 is 0 Å². The van der Waals surface area contributed by atoms with Crippen molar-refractivity contribution in [2.24, 2.45) is 0 Å². The lowest BCUT2D eigenvalue weighted by atomic mass is 10.2. The number of aromatic nitrogens is 1. The van der Waals surface area contributed by atoms with Crippen LogP contribution in [0.25, 0.3) is 0 Å². The average molecular weight is 258 g/mol. The van der Waals surface area contributed by atoms with Gasteiger partial charge in [-0.2, -0.15) is 0 Å². The molecular formula is C11H9Cl2NS. The lowest BCUT2D eigenvalue weighted by Gasteiger charge is -2.00. The third-order valence-corrected chi connectivity index (χ3v) is 3.35. The summed E-state index contributed by atoms with van der Waals surface area (Å²) in [6, 6.07) is 5.58. The number of rotatable bonds is 2. The summed E-state index contributed by atoms with van der Waals surface area (Å²) < 4.78 is 0. The van der Waals surface area contributed by atoms with E-state index in [1.807, 2.05) is 24.4 Å². The van der Waals surface area contributed by atoms with Gasteiger partial charge in [0.05, 0.1) is 5.01 Å². The topological polar surface area (TPSA) is 12.9 Å². The van der Waals surface area contributed by atoms with Crippen LogP contribution in [-0.4, -0.2) is 4.98 Å². The highest BCUT2D eigenvalue weighted by Crippen LogP contribution is 2.22. The maximum absolute atomic E-state index is 5.92. The summed E-state index contributed by atoms with van der Waals surface area (Å²) in [7, 11) is 0. The number of nitrogens with zero attached hydrogens (tertiary/aromatic N) is 1. The second kappa shape index (κ2) is 4.52. The summed E-state index contributed by atoms with van der Waals surface area (Å²) in [4.78, 5) is 4.40. The molecule has 0 amide bonds. The molecule has 0 saturated carbocycles. The van der Waals surface area contributed by atoms with E-state index in [0.29, 0.717) is 10.0 Å². The molecule has 2 aromatic rings. The van der Waals surface area contributed by atoms with Crippen molar-refractivity contribution >= 4 is 34.5 Å². The predicted octanol–water partition coefficient (Wildman–Crippen LogP) is 4.35. The van der Waals surface area contributed by atoms with E-state index in [1.54, 1.807) is 17.4 Å². The minimum Gasteiger partial charge on any atom is -0.246 e. The predicted molar refractivity (Wildman–Crippen MR) is 66.1 cm³/mol. The number of benzene rings is 1. The zero-order valence-corrected chi connectivity index (χ0v) is 10.5. The van der Waals surface area contributed by atoms with Crippen LogP contribution in [0.1, 0.15) is 16.3 Å². The summed E-state index contributed by atoms with van der Waals surface area (Å²) in [6.45, 7) is 1.99. The van der Waals surface area contributed by atoms with Crippen LogP contribution in [0, 0.1) is 6.92 Å². The van der Waals surface area contributed by atoms with Gasteiger partial charge in [-0.1, -0.05) is 23.2 Å². The third kappa shape index (κ3) is 2.94. The first-order valence-electron chi connectivity index (χ1n) is 4.49. The summed E-state index contributed by atoms with van der Waals surface area (Å²) in [6.07, 6.45) is 0.790. The highest BCUT2D eigenvalue weighted by atomic mass is 35.5. The summed E-state index contributed by atoms with van der Waals surface area (Å²) in [5.74, 6) is 0. The van der Waals surface area contributed by atoms with Gasteiger partial charge in [-0.15, -0.1) is 11.3 Å². The molecule has 1 aromatic carbocycles. The molecule has 0 atom stereocenters. The Hall–Kier alpha value is -0.570. The lowest BCUT2D eigenvalue weighted by molar-refractivity contribution is 1.10.